The molecule has 0 aliphatic heterocycles. The van der Waals surface area contributed by atoms with Crippen molar-refractivity contribution >= 4 is 26.0 Å². The first-order chi connectivity index (χ1) is 9.12. The van der Waals surface area contributed by atoms with Gasteiger partial charge in [0.15, 0.2) is 0 Å². The van der Waals surface area contributed by atoms with Crippen molar-refractivity contribution in [2.75, 3.05) is 7.05 Å². The molecule has 10 heteroatoms. The minimum Gasteiger partial charge on any atom is -0.480 e. The molecule has 0 aromatic heterocycles. The Morgan fingerprint density at radius 2 is 1.55 bits per heavy atom. The van der Waals surface area contributed by atoms with Crippen LogP contribution in [0.5, 0.6) is 0 Å². The molecule has 0 aliphatic carbocycles. The van der Waals surface area contributed by atoms with Gasteiger partial charge in [-0.3, -0.25) is 4.79 Å². The zero-order chi connectivity index (χ0) is 15.6. The van der Waals surface area contributed by atoms with E-state index in [0.717, 1.165) is 26.1 Å². The molecule has 0 amide bonds. The van der Waals surface area contributed by atoms with E-state index in [1.807, 2.05) is 9.44 Å². The van der Waals surface area contributed by atoms with Crippen LogP contribution in [0.3, 0.4) is 0 Å². The molecule has 0 bridgehead atoms. The average molecular weight is 322 g/mol. The average Bonchev–Trinajstić information content (AvgIpc) is 2.38. The normalized spacial score (nSPS) is 13.9. The molecule has 1 aromatic carbocycles. The van der Waals surface area contributed by atoms with E-state index in [2.05, 4.69) is 0 Å². The van der Waals surface area contributed by atoms with Crippen LogP contribution in [0.1, 0.15) is 6.92 Å². The van der Waals surface area contributed by atoms with Crippen molar-refractivity contribution in [2.45, 2.75) is 22.8 Å². The van der Waals surface area contributed by atoms with E-state index >= 15 is 0 Å². The first-order valence-corrected chi connectivity index (χ1v) is 8.36. The molecule has 1 atom stereocenters. The maximum atomic E-state index is 12.1. The van der Waals surface area contributed by atoms with Crippen molar-refractivity contribution in [3.8, 4) is 0 Å². The van der Waals surface area contributed by atoms with Crippen LogP contribution >= 0.6 is 0 Å². The summed E-state index contributed by atoms with van der Waals surface area (Å²) in [4.78, 5) is 9.73. The molecule has 1 aromatic rings. The van der Waals surface area contributed by atoms with Crippen molar-refractivity contribution in [3.63, 3.8) is 0 Å². The lowest BCUT2D eigenvalue weighted by Gasteiger charge is -2.13. The minimum absolute atomic E-state index is 0.451. The number of carboxylic acid groups (broad SMARTS) is 1. The molecule has 0 heterocycles. The van der Waals surface area contributed by atoms with Crippen molar-refractivity contribution in [1.82, 2.24) is 9.44 Å². The van der Waals surface area contributed by atoms with Gasteiger partial charge >= 0.3 is 5.97 Å². The van der Waals surface area contributed by atoms with Gasteiger partial charge < -0.3 is 5.11 Å². The summed E-state index contributed by atoms with van der Waals surface area (Å²) in [5.41, 5.74) is 0. The fourth-order valence-corrected chi connectivity index (χ4v) is 4.10. The summed E-state index contributed by atoms with van der Waals surface area (Å²) in [7, 11) is -7.12. The number of aliphatic carboxylic acids is 1. The molecule has 3 N–H and O–H groups in total. The number of sulfonamides is 2. The Morgan fingerprint density at radius 1 is 1.10 bits per heavy atom. The fraction of sp³-hybridized carbons (Fsp3) is 0.300. The van der Waals surface area contributed by atoms with Gasteiger partial charge in [0.05, 0.1) is 0 Å². The largest absolute Gasteiger partial charge is 0.480 e. The van der Waals surface area contributed by atoms with Crippen LogP contribution < -0.4 is 9.44 Å². The van der Waals surface area contributed by atoms with Crippen molar-refractivity contribution in [2.24, 2.45) is 0 Å². The fourth-order valence-electron chi connectivity index (χ4n) is 1.35. The molecule has 0 saturated carbocycles. The first kappa shape index (κ1) is 16.6. The van der Waals surface area contributed by atoms with Gasteiger partial charge in [0.25, 0.3) is 0 Å². The number of carboxylic acids is 1. The number of rotatable bonds is 6. The predicted molar refractivity (Wildman–Crippen MR) is 70.1 cm³/mol. The Hall–Kier alpha value is -1.49. The summed E-state index contributed by atoms with van der Waals surface area (Å²) in [6.45, 7) is 1.13. The lowest BCUT2D eigenvalue weighted by atomic mass is 10.4. The molecule has 1 rings (SSSR count). The van der Waals surface area contributed by atoms with Gasteiger partial charge in [0.2, 0.25) is 20.0 Å². The molecule has 0 spiro atoms. The minimum atomic E-state index is -4.28. The smallest absolute Gasteiger partial charge is 0.321 e. The number of hydrogen-bond donors (Lipinski definition) is 3. The van der Waals surface area contributed by atoms with Crippen molar-refractivity contribution in [3.05, 3.63) is 24.3 Å². The highest BCUT2D eigenvalue weighted by atomic mass is 32.2. The summed E-state index contributed by atoms with van der Waals surface area (Å²) in [6, 6.07) is 3.52. The lowest BCUT2D eigenvalue weighted by Crippen LogP contribution is -2.39. The second kappa shape index (κ2) is 5.87. The van der Waals surface area contributed by atoms with Crippen LogP contribution in [0.4, 0.5) is 0 Å². The topological polar surface area (TPSA) is 130 Å². The van der Waals surface area contributed by atoms with E-state index in [-0.39, 0.29) is 0 Å². The summed E-state index contributed by atoms with van der Waals surface area (Å²) < 4.78 is 51.6. The Bertz CT molecular complexity index is 711. The highest BCUT2D eigenvalue weighted by Crippen LogP contribution is 2.20. The van der Waals surface area contributed by atoms with Crippen molar-refractivity contribution in [1.29, 1.82) is 0 Å². The molecule has 0 radical (unpaired) electrons. The zero-order valence-electron chi connectivity index (χ0n) is 10.7. The molecule has 20 heavy (non-hydrogen) atoms. The quantitative estimate of drug-likeness (QED) is 0.638. The molecule has 0 saturated heterocycles. The molecular formula is C10H14N2O6S2. The third kappa shape index (κ3) is 3.54. The van der Waals surface area contributed by atoms with Gasteiger partial charge in [-0.2, -0.15) is 4.72 Å². The van der Waals surface area contributed by atoms with E-state index in [9.17, 15) is 21.6 Å². The molecule has 8 nitrogen and oxygen atoms in total. The van der Waals surface area contributed by atoms with Crippen molar-refractivity contribution < 1.29 is 26.7 Å². The Balaban J connectivity index is 3.38. The Labute approximate surface area is 116 Å². The second-order valence-corrected chi connectivity index (χ2v) is 7.37. The maximum Gasteiger partial charge on any atom is 0.321 e. The summed E-state index contributed by atoms with van der Waals surface area (Å²) >= 11 is 0. The maximum absolute atomic E-state index is 12.1. The van der Waals surface area contributed by atoms with E-state index in [1.54, 1.807) is 0 Å². The summed E-state index contributed by atoms with van der Waals surface area (Å²) in [5.74, 6) is -1.37. The Kier molecular flexibility index (Phi) is 4.86. The van der Waals surface area contributed by atoms with Crippen LogP contribution in [0.15, 0.2) is 34.1 Å². The summed E-state index contributed by atoms with van der Waals surface area (Å²) in [5, 5.41) is 8.71. The van der Waals surface area contributed by atoms with Crippen LogP contribution in [0.2, 0.25) is 0 Å². The SMILES string of the molecule is CNS(=O)(=O)c1ccccc1S(=O)(=O)N[C@H](C)C(=O)O. The lowest BCUT2D eigenvalue weighted by molar-refractivity contribution is -0.138. The standard InChI is InChI=1S/C10H14N2O6S2/c1-7(10(13)14)12-20(17,18)9-6-4-3-5-8(9)19(15,16)11-2/h3-7,11-12H,1-2H3,(H,13,14)/t7-/m1/s1. The molecule has 0 aliphatic rings. The summed E-state index contributed by atoms with van der Waals surface area (Å²) in [6.07, 6.45) is 0. The van der Waals surface area contributed by atoms with Gasteiger partial charge in [0.1, 0.15) is 15.8 Å². The van der Waals surface area contributed by atoms with E-state index < -0.39 is 41.8 Å². The van der Waals surface area contributed by atoms with E-state index in [0.29, 0.717) is 0 Å². The number of hydrogen-bond acceptors (Lipinski definition) is 5. The van der Waals surface area contributed by atoms with Crippen LogP contribution in [0.25, 0.3) is 0 Å². The van der Waals surface area contributed by atoms with Crippen LogP contribution in [-0.4, -0.2) is 41.0 Å². The highest BCUT2D eigenvalue weighted by Gasteiger charge is 2.28. The Morgan fingerprint density at radius 3 is 1.95 bits per heavy atom. The second-order valence-electron chi connectivity index (χ2n) is 3.84. The first-order valence-electron chi connectivity index (χ1n) is 5.39. The van der Waals surface area contributed by atoms with Gasteiger partial charge in [-0.15, -0.1) is 0 Å². The van der Waals surface area contributed by atoms with Gasteiger partial charge in [0, 0.05) is 0 Å². The molecule has 0 unspecified atom stereocenters. The molecular weight excluding hydrogens is 308 g/mol. The van der Waals surface area contributed by atoms with Gasteiger partial charge in [-0.25, -0.2) is 21.6 Å². The van der Waals surface area contributed by atoms with Crippen LogP contribution in [0, 0.1) is 0 Å². The number of carbonyl (C=O) groups is 1. The highest BCUT2D eigenvalue weighted by molar-refractivity contribution is 7.92. The number of benzene rings is 1. The third-order valence-electron chi connectivity index (χ3n) is 2.40. The van der Waals surface area contributed by atoms with E-state index in [4.69, 9.17) is 5.11 Å². The van der Waals surface area contributed by atoms with Gasteiger partial charge in [-0.05, 0) is 26.1 Å². The van der Waals surface area contributed by atoms with Crippen LogP contribution in [-0.2, 0) is 24.8 Å². The number of nitrogens with one attached hydrogen (secondary N) is 2. The monoisotopic (exact) mass is 322 g/mol. The van der Waals surface area contributed by atoms with Gasteiger partial charge in [-0.1, -0.05) is 12.1 Å². The van der Waals surface area contributed by atoms with E-state index in [1.165, 1.54) is 12.1 Å². The zero-order valence-corrected chi connectivity index (χ0v) is 12.3. The predicted octanol–water partition coefficient (Wildman–Crippen LogP) is -0.654. The third-order valence-corrected chi connectivity index (χ3v) is 5.60. The molecule has 0 fully saturated rings. The molecule has 112 valence electrons.